The molecule has 0 aromatic heterocycles. The van der Waals surface area contributed by atoms with Gasteiger partial charge in [-0.2, -0.15) is 0 Å². The number of ether oxygens (including phenoxy) is 2. The second kappa shape index (κ2) is 7.99. The zero-order valence-corrected chi connectivity index (χ0v) is 16.0. The lowest BCUT2D eigenvalue weighted by atomic mass is 10.2. The van der Waals surface area contributed by atoms with Gasteiger partial charge in [0, 0.05) is 6.54 Å². The van der Waals surface area contributed by atoms with Gasteiger partial charge in [0.05, 0.1) is 23.1 Å². The van der Waals surface area contributed by atoms with E-state index < -0.39 is 0 Å². The largest absolute Gasteiger partial charge is 0.493 e. The Balaban J connectivity index is 2.36. The number of benzene rings is 1. The molecule has 1 amide bonds. The monoisotopic (exact) mass is 413 g/mol. The van der Waals surface area contributed by atoms with Gasteiger partial charge in [0.1, 0.15) is 4.32 Å². The molecule has 1 aromatic carbocycles. The standard InChI is InChI=1S/C16H16BrNO3S2/c1-4-6-18-15(19)13(23-16(18)22)9-10-7-11(17)14(21-5-2)12(8-10)20-3/h4,7-9H,1,5-6H2,2-3H3/b13-9-. The Morgan fingerprint density at radius 1 is 1.48 bits per heavy atom. The van der Waals surface area contributed by atoms with Crippen molar-refractivity contribution in [3.8, 4) is 11.5 Å². The third-order valence-corrected chi connectivity index (χ3v) is 4.99. The van der Waals surface area contributed by atoms with Crippen LogP contribution < -0.4 is 9.47 Å². The molecule has 0 bridgehead atoms. The first-order valence-electron chi connectivity index (χ1n) is 6.88. The average molecular weight is 414 g/mol. The molecule has 0 saturated carbocycles. The van der Waals surface area contributed by atoms with E-state index in [1.807, 2.05) is 19.1 Å². The predicted octanol–water partition coefficient (Wildman–Crippen LogP) is 4.24. The molecule has 0 atom stereocenters. The van der Waals surface area contributed by atoms with Crippen molar-refractivity contribution < 1.29 is 14.3 Å². The molecule has 1 aliphatic rings. The number of amides is 1. The molecule has 2 rings (SSSR count). The van der Waals surface area contributed by atoms with Crippen LogP contribution in [0.5, 0.6) is 11.5 Å². The lowest BCUT2D eigenvalue weighted by Crippen LogP contribution is -2.27. The number of methoxy groups -OCH3 is 1. The van der Waals surface area contributed by atoms with E-state index in [0.29, 0.717) is 33.9 Å². The number of carbonyl (C=O) groups is 1. The van der Waals surface area contributed by atoms with Crippen LogP contribution in [0, 0.1) is 0 Å². The molecule has 1 aromatic rings. The summed E-state index contributed by atoms with van der Waals surface area (Å²) in [6.45, 7) is 6.50. The van der Waals surface area contributed by atoms with Gasteiger partial charge in [0.2, 0.25) is 0 Å². The van der Waals surface area contributed by atoms with Gasteiger partial charge in [-0.1, -0.05) is 30.1 Å². The van der Waals surface area contributed by atoms with E-state index in [2.05, 4.69) is 22.5 Å². The molecule has 122 valence electrons. The minimum Gasteiger partial charge on any atom is -0.493 e. The Bertz CT molecular complexity index is 688. The van der Waals surface area contributed by atoms with Gasteiger partial charge >= 0.3 is 0 Å². The zero-order valence-electron chi connectivity index (χ0n) is 12.8. The number of rotatable bonds is 6. The van der Waals surface area contributed by atoms with E-state index in [1.54, 1.807) is 19.3 Å². The van der Waals surface area contributed by atoms with Crippen LogP contribution in [0.25, 0.3) is 6.08 Å². The van der Waals surface area contributed by atoms with Crippen molar-refractivity contribution in [2.24, 2.45) is 0 Å². The fraction of sp³-hybridized carbons (Fsp3) is 0.250. The molecular formula is C16H16BrNO3S2. The van der Waals surface area contributed by atoms with Gasteiger partial charge in [0.25, 0.3) is 5.91 Å². The normalized spacial score (nSPS) is 16.1. The van der Waals surface area contributed by atoms with Crippen LogP contribution >= 0.6 is 39.9 Å². The number of hydrogen-bond donors (Lipinski definition) is 0. The smallest absolute Gasteiger partial charge is 0.266 e. The van der Waals surface area contributed by atoms with Crippen molar-refractivity contribution in [3.63, 3.8) is 0 Å². The van der Waals surface area contributed by atoms with Gasteiger partial charge in [-0.25, -0.2) is 0 Å². The fourth-order valence-electron chi connectivity index (χ4n) is 2.05. The van der Waals surface area contributed by atoms with E-state index in [9.17, 15) is 4.79 Å². The molecule has 0 radical (unpaired) electrons. The Morgan fingerprint density at radius 3 is 2.83 bits per heavy atom. The number of thiocarbonyl (C=S) groups is 1. The van der Waals surface area contributed by atoms with Crippen molar-refractivity contribution in [1.29, 1.82) is 0 Å². The molecule has 1 saturated heterocycles. The van der Waals surface area contributed by atoms with Crippen LogP contribution in [0.3, 0.4) is 0 Å². The molecular weight excluding hydrogens is 398 g/mol. The predicted molar refractivity (Wildman–Crippen MR) is 102 cm³/mol. The first-order valence-corrected chi connectivity index (χ1v) is 8.90. The van der Waals surface area contributed by atoms with Crippen LogP contribution in [0.2, 0.25) is 0 Å². The summed E-state index contributed by atoms with van der Waals surface area (Å²) in [5, 5.41) is 0. The minimum atomic E-state index is -0.108. The summed E-state index contributed by atoms with van der Waals surface area (Å²) in [4.78, 5) is 14.5. The average Bonchev–Trinajstić information content (AvgIpc) is 2.77. The second-order valence-corrected chi connectivity index (χ2v) is 7.08. The highest BCUT2D eigenvalue weighted by Gasteiger charge is 2.31. The Kier molecular flexibility index (Phi) is 6.26. The number of nitrogens with zero attached hydrogens (tertiary/aromatic N) is 1. The van der Waals surface area contributed by atoms with E-state index in [0.717, 1.165) is 10.0 Å². The van der Waals surface area contributed by atoms with Crippen molar-refractivity contribution in [1.82, 2.24) is 4.90 Å². The van der Waals surface area contributed by atoms with E-state index in [-0.39, 0.29) is 5.91 Å². The van der Waals surface area contributed by atoms with E-state index in [1.165, 1.54) is 16.7 Å². The molecule has 0 aliphatic carbocycles. The maximum Gasteiger partial charge on any atom is 0.266 e. The number of hydrogen-bond acceptors (Lipinski definition) is 5. The number of carbonyl (C=O) groups excluding carboxylic acids is 1. The van der Waals surface area contributed by atoms with Gasteiger partial charge < -0.3 is 9.47 Å². The maximum atomic E-state index is 12.4. The van der Waals surface area contributed by atoms with Crippen molar-refractivity contribution >= 4 is 56.2 Å². The molecule has 0 unspecified atom stereocenters. The summed E-state index contributed by atoms with van der Waals surface area (Å²) in [5.41, 5.74) is 0.830. The SMILES string of the molecule is C=CCN1C(=O)/C(=C/c2cc(Br)c(OCC)c(OC)c2)SC1=S. The van der Waals surface area contributed by atoms with Crippen molar-refractivity contribution in [3.05, 3.63) is 39.7 Å². The third-order valence-electron chi connectivity index (χ3n) is 3.02. The van der Waals surface area contributed by atoms with Crippen LogP contribution in [0.15, 0.2) is 34.2 Å². The molecule has 4 nitrogen and oxygen atoms in total. The molecule has 23 heavy (non-hydrogen) atoms. The Hall–Kier alpha value is -1.31. The van der Waals surface area contributed by atoms with Crippen LogP contribution in [0.4, 0.5) is 0 Å². The summed E-state index contributed by atoms with van der Waals surface area (Å²) in [5.74, 6) is 1.14. The van der Waals surface area contributed by atoms with E-state index in [4.69, 9.17) is 21.7 Å². The zero-order chi connectivity index (χ0) is 17.0. The fourth-order valence-corrected chi connectivity index (χ4v) is 3.89. The highest BCUT2D eigenvalue weighted by atomic mass is 79.9. The second-order valence-electron chi connectivity index (χ2n) is 4.55. The third kappa shape index (κ3) is 3.97. The first kappa shape index (κ1) is 18.0. The van der Waals surface area contributed by atoms with Gasteiger partial charge in [-0.05, 0) is 46.6 Å². The van der Waals surface area contributed by atoms with E-state index >= 15 is 0 Å². The molecule has 1 heterocycles. The van der Waals surface area contributed by atoms with Gasteiger partial charge in [0.15, 0.2) is 11.5 Å². The summed E-state index contributed by atoms with van der Waals surface area (Å²) in [6.07, 6.45) is 3.45. The number of thioether (sulfide) groups is 1. The lowest BCUT2D eigenvalue weighted by molar-refractivity contribution is -0.121. The molecule has 7 heteroatoms. The first-order chi connectivity index (χ1) is 11.0. The van der Waals surface area contributed by atoms with Crippen molar-refractivity contribution in [2.45, 2.75) is 6.92 Å². The molecule has 0 N–H and O–H groups in total. The highest BCUT2D eigenvalue weighted by molar-refractivity contribution is 9.10. The minimum absolute atomic E-state index is 0.108. The topological polar surface area (TPSA) is 38.8 Å². The summed E-state index contributed by atoms with van der Waals surface area (Å²) in [7, 11) is 1.58. The lowest BCUT2D eigenvalue weighted by Gasteiger charge is -2.12. The van der Waals surface area contributed by atoms with Gasteiger partial charge in [-0.3, -0.25) is 9.69 Å². The molecule has 1 fully saturated rings. The summed E-state index contributed by atoms with van der Waals surface area (Å²) < 4.78 is 12.2. The molecule has 0 spiro atoms. The van der Waals surface area contributed by atoms with Crippen LogP contribution in [-0.4, -0.2) is 35.4 Å². The Labute approximate surface area is 153 Å². The quantitative estimate of drug-likeness (QED) is 0.396. The maximum absolute atomic E-state index is 12.4. The summed E-state index contributed by atoms with van der Waals surface area (Å²) in [6, 6.07) is 3.71. The van der Waals surface area contributed by atoms with Crippen LogP contribution in [-0.2, 0) is 4.79 Å². The molecule has 1 aliphatic heterocycles. The van der Waals surface area contributed by atoms with Crippen LogP contribution in [0.1, 0.15) is 12.5 Å². The van der Waals surface area contributed by atoms with Crippen molar-refractivity contribution in [2.75, 3.05) is 20.3 Å². The number of halogens is 1. The highest BCUT2D eigenvalue weighted by Crippen LogP contribution is 2.39. The summed E-state index contributed by atoms with van der Waals surface area (Å²) >= 11 is 9.99. The van der Waals surface area contributed by atoms with Gasteiger partial charge in [-0.15, -0.1) is 6.58 Å². The Morgan fingerprint density at radius 2 is 2.22 bits per heavy atom.